The van der Waals surface area contributed by atoms with E-state index in [-0.39, 0.29) is 80.0 Å². The molecule has 0 spiro atoms. The second kappa shape index (κ2) is 15.5. The average Bonchev–Trinajstić information content (AvgIpc) is 3.74. The molecule has 1 saturated carbocycles. The number of alkyl halides is 7. The van der Waals surface area contributed by atoms with Gasteiger partial charge in [-0.3, -0.25) is 23.9 Å². The normalized spacial score (nSPS) is 18.1. The number of nitrogens with one attached hydrogen (secondary N) is 2. The molecule has 0 bridgehead atoms. The van der Waals surface area contributed by atoms with Gasteiger partial charge in [-0.2, -0.15) is 32.1 Å². The van der Waals surface area contributed by atoms with Gasteiger partial charge in [0.2, 0.25) is 15.9 Å². The molecule has 1 fully saturated rings. The molecule has 65 heavy (non-hydrogen) atoms. The summed E-state index contributed by atoms with van der Waals surface area (Å²) in [6.45, 7) is 0.287. The lowest BCUT2D eigenvalue weighted by atomic mass is 9.98. The van der Waals surface area contributed by atoms with Crippen LogP contribution in [0.3, 0.4) is 0 Å². The number of amidine groups is 1. The second-order valence-corrected chi connectivity index (χ2v) is 18.4. The van der Waals surface area contributed by atoms with Gasteiger partial charge >= 0.3 is 6.18 Å². The number of hydrogen-bond donors (Lipinski definition) is 2. The third-order valence-corrected chi connectivity index (χ3v) is 12.3. The molecule has 3 atom stereocenters. The number of aromatic nitrogens is 5. The topological polar surface area (TPSA) is 139 Å². The number of nitrogens with zero attached hydrogens (tertiary/aromatic N) is 7. The number of carbonyl (C=O) groups is 1. The van der Waals surface area contributed by atoms with Crippen LogP contribution in [0.25, 0.3) is 22.2 Å². The van der Waals surface area contributed by atoms with E-state index in [4.69, 9.17) is 16.6 Å². The molecule has 2 N–H and O–H groups in total. The van der Waals surface area contributed by atoms with E-state index in [2.05, 4.69) is 25.2 Å². The van der Waals surface area contributed by atoms with Crippen molar-refractivity contribution in [3.05, 3.63) is 117 Å². The van der Waals surface area contributed by atoms with Gasteiger partial charge in [-0.1, -0.05) is 23.7 Å². The first kappa shape index (κ1) is 44.1. The fraction of sp³-hybridized carbons (Fsp3) is 0.310. The van der Waals surface area contributed by atoms with E-state index >= 15 is 8.78 Å². The molecule has 23 heteroatoms. The largest absolute Gasteiger partial charge is 0.416 e. The minimum atomic E-state index is -4.70. The number of anilines is 2. The summed E-state index contributed by atoms with van der Waals surface area (Å²) in [5.74, 6) is -8.87. The molecule has 4 heterocycles. The molecule has 0 unspecified atom stereocenters. The van der Waals surface area contributed by atoms with Gasteiger partial charge in [0.1, 0.15) is 35.4 Å². The molecule has 9 rings (SSSR count). The number of rotatable bonds is 11. The fourth-order valence-electron chi connectivity index (χ4n) is 8.80. The fourth-order valence-corrected chi connectivity index (χ4v) is 9.53. The molecule has 3 aromatic heterocycles. The van der Waals surface area contributed by atoms with Gasteiger partial charge in [0.25, 0.3) is 12.3 Å². The van der Waals surface area contributed by atoms with E-state index in [1.54, 1.807) is 11.0 Å². The highest BCUT2D eigenvalue weighted by atomic mass is 35.5. The number of fused-ring (bicyclic) bond motifs is 5. The van der Waals surface area contributed by atoms with Gasteiger partial charge in [-0.05, 0) is 72.9 Å². The standard InChI is InChI=1S/C42H33ClF9N9O3S/c1-18-8-22(42(50,51)52)13-29(53-18)20-4-5-21-16-60(31-7-6-27(43)34-36(31)59(2)57-39(34)58-65(3,63)64)40(55-28(21)12-20)30(11-19-9-23(44)14-24(45)10-19)54-32(62)17-61-37-33(35(56-61)38(46)47)25-15-26(25)41(37,48)49/h4-10,12-14,25-26,30,38H,11,15-17H2,1-3H3,(H,54,62)(H,57,58)/t25-,26+,30-/m0/s1. The van der Waals surface area contributed by atoms with Crippen molar-refractivity contribution >= 4 is 61.5 Å². The summed E-state index contributed by atoms with van der Waals surface area (Å²) in [6, 6.07) is 10.4. The molecular formula is C42H33ClF9N9O3S. The van der Waals surface area contributed by atoms with Crippen molar-refractivity contribution in [3.8, 4) is 11.3 Å². The van der Waals surface area contributed by atoms with Gasteiger partial charge in [0.05, 0.1) is 57.4 Å². The number of carbonyl (C=O) groups excluding carboxylic acids is 1. The Hall–Kier alpha value is -6.16. The Kier molecular flexibility index (Phi) is 10.5. The number of halogens is 10. The van der Waals surface area contributed by atoms with Crippen molar-refractivity contribution < 1.29 is 52.7 Å². The smallest absolute Gasteiger partial charge is 0.344 e. The van der Waals surface area contributed by atoms with Crippen LogP contribution in [0.2, 0.25) is 5.02 Å². The highest BCUT2D eigenvalue weighted by Crippen LogP contribution is 2.68. The Morgan fingerprint density at radius 1 is 1.02 bits per heavy atom. The number of hydrogen-bond acceptors (Lipinski definition) is 8. The molecule has 12 nitrogen and oxygen atoms in total. The zero-order valence-corrected chi connectivity index (χ0v) is 35.5. The van der Waals surface area contributed by atoms with Gasteiger partial charge in [0, 0.05) is 42.3 Å². The summed E-state index contributed by atoms with van der Waals surface area (Å²) < 4.78 is 160. The lowest BCUT2D eigenvalue weighted by Gasteiger charge is -2.36. The number of aliphatic imine (C=N–C) groups is 1. The molecule has 0 saturated heterocycles. The third kappa shape index (κ3) is 8.14. The molecule has 1 amide bonds. The highest BCUT2D eigenvalue weighted by molar-refractivity contribution is 7.92. The minimum absolute atomic E-state index is 0.0212. The van der Waals surface area contributed by atoms with Crippen LogP contribution in [0.4, 0.5) is 56.7 Å². The predicted octanol–water partition coefficient (Wildman–Crippen LogP) is 9.09. The first-order valence-corrected chi connectivity index (χ1v) is 21.9. The van der Waals surface area contributed by atoms with E-state index in [1.165, 1.54) is 42.9 Å². The number of sulfonamides is 1. The van der Waals surface area contributed by atoms with Crippen LogP contribution >= 0.6 is 11.6 Å². The molecule has 3 aromatic carbocycles. The van der Waals surface area contributed by atoms with Crippen molar-refractivity contribution in [2.24, 2.45) is 18.0 Å². The summed E-state index contributed by atoms with van der Waals surface area (Å²) in [5.41, 5.74) is -1.61. The highest BCUT2D eigenvalue weighted by Gasteiger charge is 2.67. The molecule has 340 valence electrons. The summed E-state index contributed by atoms with van der Waals surface area (Å²) in [6.07, 6.45) is -7.47. The van der Waals surface area contributed by atoms with E-state index in [0.29, 0.717) is 16.3 Å². The SMILES string of the molecule is Cc1cc(C(F)(F)F)cc(-c2ccc3c(c2)N=C([C@H](Cc2cc(F)cc(F)c2)NC(=O)Cn2nc(C(F)F)c4c2C(F)(F)[C@@H]2C[C@H]42)N(c2ccc(Cl)c4c(NS(C)(=O)=O)nn(C)c24)C3)n1. The second-order valence-electron chi connectivity index (χ2n) is 16.2. The minimum Gasteiger partial charge on any atom is -0.344 e. The maximum atomic E-state index is 15.5. The number of amides is 1. The van der Waals surface area contributed by atoms with E-state index in [9.17, 15) is 43.9 Å². The zero-order valence-electron chi connectivity index (χ0n) is 34.0. The van der Waals surface area contributed by atoms with Crippen molar-refractivity contribution in [1.82, 2.24) is 29.9 Å². The van der Waals surface area contributed by atoms with Crippen molar-refractivity contribution in [1.29, 1.82) is 0 Å². The van der Waals surface area contributed by atoms with Crippen LogP contribution in [-0.2, 0) is 53.5 Å². The molecule has 0 radical (unpaired) electrons. The van der Waals surface area contributed by atoms with E-state index in [0.717, 1.165) is 30.5 Å². The summed E-state index contributed by atoms with van der Waals surface area (Å²) >= 11 is 6.65. The van der Waals surface area contributed by atoms with Crippen LogP contribution in [0.5, 0.6) is 0 Å². The molecule has 6 aromatic rings. The summed E-state index contributed by atoms with van der Waals surface area (Å²) in [7, 11) is -2.41. The lowest BCUT2D eigenvalue weighted by molar-refractivity contribution is -0.137. The lowest BCUT2D eigenvalue weighted by Crippen LogP contribution is -2.51. The Labute approximate surface area is 368 Å². The van der Waals surface area contributed by atoms with Crippen LogP contribution in [0.15, 0.2) is 65.7 Å². The van der Waals surface area contributed by atoms with Gasteiger partial charge in [-0.25, -0.2) is 31.0 Å². The Morgan fingerprint density at radius 3 is 2.42 bits per heavy atom. The Bertz CT molecular complexity index is 3100. The van der Waals surface area contributed by atoms with Crippen molar-refractivity contribution in [2.45, 2.75) is 63.3 Å². The first-order chi connectivity index (χ1) is 30.5. The quantitative estimate of drug-likeness (QED) is 0.124. The molecule has 1 aliphatic heterocycles. The van der Waals surface area contributed by atoms with E-state index < -0.39 is 93.9 Å². The number of aryl methyl sites for hydroxylation is 2. The van der Waals surface area contributed by atoms with Crippen LogP contribution < -0.4 is 14.9 Å². The predicted molar refractivity (Wildman–Crippen MR) is 221 cm³/mol. The molecule has 3 aliphatic rings. The monoisotopic (exact) mass is 949 g/mol. The Balaban J connectivity index is 1.20. The van der Waals surface area contributed by atoms with Crippen LogP contribution in [0, 0.1) is 24.5 Å². The number of benzene rings is 3. The maximum Gasteiger partial charge on any atom is 0.416 e. The maximum absolute atomic E-state index is 15.5. The van der Waals surface area contributed by atoms with Gasteiger partial charge in [-0.15, -0.1) is 0 Å². The van der Waals surface area contributed by atoms with Gasteiger partial charge < -0.3 is 10.2 Å². The van der Waals surface area contributed by atoms with Crippen LogP contribution in [-0.4, -0.2) is 57.0 Å². The average molecular weight is 950 g/mol. The van der Waals surface area contributed by atoms with Gasteiger partial charge in [0.15, 0.2) is 5.82 Å². The van der Waals surface area contributed by atoms with E-state index in [1.807, 2.05) is 0 Å². The molecular weight excluding hydrogens is 917 g/mol. The summed E-state index contributed by atoms with van der Waals surface area (Å²) in [5, 5.41) is 11.0. The number of pyridine rings is 1. The first-order valence-electron chi connectivity index (χ1n) is 19.7. The van der Waals surface area contributed by atoms with Crippen molar-refractivity contribution in [2.75, 3.05) is 15.9 Å². The van der Waals surface area contributed by atoms with Crippen molar-refractivity contribution in [3.63, 3.8) is 0 Å². The van der Waals surface area contributed by atoms with Crippen LogP contribution in [0.1, 0.15) is 58.1 Å². The third-order valence-electron chi connectivity index (χ3n) is 11.5. The molecule has 2 aliphatic carbocycles. The summed E-state index contributed by atoms with van der Waals surface area (Å²) in [4.78, 5) is 24.9. The Morgan fingerprint density at radius 2 is 1.74 bits per heavy atom. The zero-order chi connectivity index (χ0) is 46.7.